The van der Waals surface area contributed by atoms with Crippen molar-refractivity contribution in [1.29, 1.82) is 0 Å². The first-order chi connectivity index (χ1) is 11.6. The molecular formula is C18H19NO5. The molecule has 6 heteroatoms. The van der Waals surface area contributed by atoms with Crippen LogP contribution in [0.4, 0.5) is 0 Å². The number of rotatable bonds is 7. The van der Waals surface area contributed by atoms with Crippen LogP contribution in [-0.2, 0) is 9.53 Å². The van der Waals surface area contributed by atoms with Crippen LogP contribution >= 0.6 is 0 Å². The lowest BCUT2D eigenvalue weighted by molar-refractivity contribution is -0.140. The Balaban J connectivity index is 2.15. The summed E-state index contributed by atoms with van der Waals surface area (Å²) in [6, 6.07) is 10.8. The number of carbonyl (C=O) groups excluding carboxylic acids is 2. The maximum absolute atomic E-state index is 12.5. The molecule has 24 heavy (non-hydrogen) atoms. The molecule has 0 radical (unpaired) electrons. The largest absolute Gasteiger partial charge is 0.497 e. The Kier molecular flexibility index (Phi) is 5.89. The minimum absolute atomic E-state index is 0.0202. The van der Waals surface area contributed by atoms with Crippen LogP contribution in [0.1, 0.15) is 29.6 Å². The monoisotopic (exact) mass is 329 g/mol. The molecule has 0 saturated heterocycles. The van der Waals surface area contributed by atoms with E-state index in [-0.39, 0.29) is 30.3 Å². The molecule has 0 amide bonds. The zero-order valence-corrected chi connectivity index (χ0v) is 13.6. The summed E-state index contributed by atoms with van der Waals surface area (Å²) in [5, 5.41) is 14.0. The van der Waals surface area contributed by atoms with Crippen molar-refractivity contribution in [2.24, 2.45) is 5.16 Å². The summed E-state index contributed by atoms with van der Waals surface area (Å²) in [4.78, 5) is 23.6. The fourth-order valence-corrected chi connectivity index (χ4v) is 2.37. The van der Waals surface area contributed by atoms with Gasteiger partial charge in [0.1, 0.15) is 11.5 Å². The van der Waals surface area contributed by atoms with Gasteiger partial charge >= 0.3 is 5.97 Å². The second kappa shape index (κ2) is 8.10. The molecule has 0 aliphatic carbocycles. The fourth-order valence-electron chi connectivity index (χ4n) is 2.37. The number of esters is 1. The van der Waals surface area contributed by atoms with E-state index in [1.807, 2.05) is 24.3 Å². The Morgan fingerprint density at radius 2 is 1.75 bits per heavy atom. The third kappa shape index (κ3) is 4.10. The number of ketones is 1. The van der Waals surface area contributed by atoms with Gasteiger partial charge in [-0.25, -0.2) is 0 Å². The molecule has 6 nitrogen and oxygen atoms in total. The molecule has 0 heterocycles. The number of methoxy groups -OCH3 is 2. The summed E-state index contributed by atoms with van der Waals surface area (Å²) >= 11 is 0. The molecule has 0 spiro atoms. The highest BCUT2D eigenvalue weighted by molar-refractivity contribution is 6.46. The lowest BCUT2D eigenvalue weighted by atomic mass is 9.99. The van der Waals surface area contributed by atoms with E-state index in [0.29, 0.717) is 12.0 Å². The number of Topliss-reactive ketones (excluding diaryl/α,β-unsaturated/α-hetero) is 1. The van der Waals surface area contributed by atoms with Gasteiger partial charge in [0.25, 0.3) is 0 Å². The first-order valence-corrected chi connectivity index (χ1v) is 7.49. The van der Waals surface area contributed by atoms with Crippen molar-refractivity contribution in [1.82, 2.24) is 0 Å². The maximum atomic E-state index is 12.5. The molecule has 0 atom stereocenters. The summed E-state index contributed by atoms with van der Waals surface area (Å²) in [5.41, 5.74) is 0.449. The summed E-state index contributed by atoms with van der Waals surface area (Å²) in [5.74, 6) is 0.0153. The van der Waals surface area contributed by atoms with Crippen LogP contribution in [-0.4, -0.2) is 36.9 Å². The summed E-state index contributed by atoms with van der Waals surface area (Å²) < 4.78 is 9.71. The molecule has 0 fully saturated rings. The van der Waals surface area contributed by atoms with Crippen molar-refractivity contribution in [2.45, 2.75) is 19.3 Å². The van der Waals surface area contributed by atoms with Gasteiger partial charge < -0.3 is 14.7 Å². The highest BCUT2D eigenvalue weighted by Gasteiger charge is 2.16. The average molecular weight is 329 g/mol. The predicted molar refractivity (Wildman–Crippen MR) is 89.9 cm³/mol. The number of ether oxygens (including phenoxy) is 2. The number of nitrogens with zero attached hydrogens (tertiary/aromatic N) is 1. The Hall–Kier alpha value is -2.89. The highest BCUT2D eigenvalue weighted by Crippen LogP contribution is 2.22. The fraction of sp³-hybridized carbons (Fsp3) is 0.278. The number of carbonyl (C=O) groups is 2. The number of hydrogen-bond donors (Lipinski definition) is 1. The number of fused-ring (bicyclic) bond motifs is 1. The van der Waals surface area contributed by atoms with Gasteiger partial charge in [-0.2, -0.15) is 0 Å². The molecule has 0 aliphatic heterocycles. The maximum Gasteiger partial charge on any atom is 0.305 e. The van der Waals surface area contributed by atoms with Crippen LogP contribution in [0.25, 0.3) is 10.8 Å². The van der Waals surface area contributed by atoms with Gasteiger partial charge in [-0.3, -0.25) is 9.59 Å². The summed E-state index contributed by atoms with van der Waals surface area (Å²) in [6.07, 6.45) is 0.744. The van der Waals surface area contributed by atoms with E-state index in [4.69, 9.17) is 9.94 Å². The van der Waals surface area contributed by atoms with Crippen molar-refractivity contribution in [3.8, 4) is 5.75 Å². The molecule has 0 saturated carbocycles. The lowest BCUT2D eigenvalue weighted by Gasteiger charge is -2.06. The van der Waals surface area contributed by atoms with Gasteiger partial charge in [-0.05, 0) is 41.8 Å². The van der Waals surface area contributed by atoms with E-state index in [1.165, 1.54) is 7.11 Å². The quantitative estimate of drug-likeness (QED) is 0.277. The molecule has 0 aliphatic rings. The number of benzene rings is 2. The van der Waals surface area contributed by atoms with E-state index in [9.17, 15) is 9.59 Å². The Morgan fingerprint density at radius 3 is 2.42 bits per heavy atom. The minimum Gasteiger partial charge on any atom is -0.497 e. The summed E-state index contributed by atoms with van der Waals surface area (Å²) in [7, 11) is 2.90. The van der Waals surface area contributed by atoms with Crippen LogP contribution in [0.2, 0.25) is 0 Å². The second-order valence-corrected chi connectivity index (χ2v) is 5.23. The van der Waals surface area contributed by atoms with E-state index < -0.39 is 0 Å². The molecule has 2 aromatic rings. The van der Waals surface area contributed by atoms with Crippen LogP contribution < -0.4 is 4.74 Å². The van der Waals surface area contributed by atoms with Gasteiger partial charge in [0, 0.05) is 12.0 Å². The third-order valence-electron chi connectivity index (χ3n) is 3.71. The molecular weight excluding hydrogens is 310 g/mol. The van der Waals surface area contributed by atoms with Crippen molar-refractivity contribution in [2.75, 3.05) is 14.2 Å². The first-order valence-electron chi connectivity index (χ1n) is 7.49. The van der Waals surface area contributed by atoms with Gasteiger partial charge in [0.15, 0.2) is 0 Å². The number of hydrogen-bond acceptors (Lipinski definition) is 6. The molecule has 0 unspecified atom stereocenters. The van der Waals surface area contributed by atoms with E-state index in [2.05, 4.69) is 9.89 Å². The van der Waals surface area contributed by atoms with Gasteiger partial charge in [0.2, 0.25) is 5.78 Å². The molecule has 0 bridgehead atoms. The van der Waals surface area contributed by atoms with E-state index >= 15 is 0 Å². The second-order valence-electron chi connectivity index (χ2n) is 5.23. The molecule has 2 rings (SSSR count). The predicted octanol–water partition coefficient (Wildman–Crippen LogP) is 3.20. The first kappa shape index (κ1) is 17.5. The van der Waals surface area contributed by atoms with E-state index in [1.54, 1.807) is 19.2 Å². The topological polar surface area (TPSA) is 85.2 Å². The standard InChI is InChI=1S/C18H19NO5/c1-23-15-9-8-12-10-14(7-6-13(12)11-15)18(21)16(19-22)4-3-5-17(20)24-2/h6-11,22H,3-5H2,1-2H3. The minimum atomic E-state index is -0.362. The highest BCUT2D eigenvalue weighted by atomic mass is 16.5. The van der Waals surface area contributed by atoms with Crippen molar-refractivity contribution < 1.29 is 24.3 Å². The summed E-state index contributed by atoms with van der Waals surface area (Å²) in [6.45, 7) is 0. The molecule has 2 aromatic carbocycles. The third-order valence-corrected chi connectivity index (χ3v) is 3.71. The van der Waals surface area contributed by atoms with Gasteiger partial charge in [0.05, 0.1) is 14.2 Å². The van der Waals surface area contributed by atoms with Crippen LogP contribution in [0, 0.1) is 0 Å². The average Bonchev–Trinajstić information content (AvgIpc) is 2.63. The van der Waals surface area contributed by atoms with E-state index in [0.717, 1.165) is 16.5 Å². The van der Waals surface area contributed by atoms with Crippen molar-refractivity contribution in [3.05, 3.63) is 42.0 Å². The van der Waals surface area contributed by atoms with Crippen LogP contribution in [0.15, 0.2) is 41.6 Å². The SMILES string of the molecule is COC(=O)CCCC(=NO)C(=O)c1ccc2cc(OC)ccc2c1. The Morgan fingerprint density at radius 1 is 1.04 bits per heavy atom. The zero-order valence-electron chi connectivity index (χ0n) is 13.6. The van der Waals surface area contributed by atoms with Gasteiger partial charge in [-0.15, -0.1) is 0 Å². The van der Waals surface area contributed by atoms with Crippen LogP contribution in [0.3, 0.4) is 0 Å². The van der Waals surface area contributed by atoms with Crippen LogP contribution in [0.5, 0.6) is 5.75 Å². The van der Waals surface area contributed by atoms with Crippen molar-refractivity contribution >= 4 is 28.2 Å². The lowest BCUT2D eigenvalue weighted by Crippen LogP contribution is -2.15. The molecule has 0 aromatic heterocycles. The molecule has 1 N–H and O–H groups in total. The van der Waals surface area contributed by atoms with Gasteiger partial charge in [-0.1, -0.05) is 23.4 Å². The smallest absolute Gasteiger partial charge is 0.305 e. The zero-order chi connectivity index (χ0) is 17.5. The molecule has 126 valence electrons. The normalized spacial score (nSPS) is 11.3. The number of oxime groups is 1. The van der Waals surface area contributed by atoms with Crippen molar-refractivity contribution in [3.63, 3.8) is 0 Å². The Labute approximate surface area is 139 Å². The Bertz CT molecular complexity index is 782.